The molecule has 0 spiro atoms. The second-order valence-electron chi connectivity index (χ2n) is 8.38. The maximum atomic E-state index is 13.0. The second-order valence-corrected chi connectivity index (χ2v) is 8.38. The molecule has 3 aromatic carbocycles. The monoisotopic (exact) mass is 500 g/mol. The van der Waals surface area contributed by atoms with Crippen LogP contribution in [0.3, 0.4) is 0 Å². The van der Waals surface area contributed by atoms with Gasteiger partial charge in [0.1, 0.15) is 18.4 Å². The minimum absolute atomic E-state index is 0.0604. The lowest BCUT2D eigenvalue weighted by atomic mass is 10.1. The highest BCUT2D eigenvalue weighted by atomic mass is 16.5. The van der Waals surface area contributed by atoms with E-state index in [4.69, 9.17) is 9.47 Å². The first-order valence-corrected chi connectivity index (χ1v) is 11.8. The van der Waals surface area contributed by atoms with Crippen LogP contribution in [0.25, 0.3) is 10.9 Å². The predicted octanol–water partition coefficient (Wildman–Crippen LogP) is 3.40. The third-order valence-electron chi connectivity index (χ3n) is 5.77. The highest BCUT2D eigenvalue weighted by Crippen LogP contribution is 2.18. The summed E-state index contributed by atoms with van der Waals surface area (Å²) in [5, 5.41) is 3.53. The molecule has 1 unspecified atom stereocenters. The van der Waals surface area contributed by atoms with Crippen LogP contribution >= 0.6 is 0 Å². The van der Waals surface area contributed by atoms with Crippen LogP contribution in [0.5, 0.6) is 5.75 Å². The highest BCUT2D eigenvalue weighted by molar-refractivity contribution is 5.91. The zero-order valence-corrected chi connectivity index (χ0v) is 20.3. The van der Waals surface area contributed by atoms with Gasteiger partial charge in [-0.1, -0.05) is 60.7 Å². The number of carbonyl (C=O) groups excluding carboxylic acids is 3. The number of hydrazine groups is 1. The van der Waals surface area contributed by atoms with Crippen molar-refractivity contribution in [3.8, 4) is 5.75 Å². The summed E-state index contributed by atoms with van der Waals surface area (Å²) in [5.74, 6) is -0.308. The van der Waals surface area contributed by atoms with Gasteiger partial charge in [-0.15, -0.1) is 0 Å². The number of amides is 3. The van der Waals surface area contributed by atoms with Crippen molar-refractivity contribution in [3.63, 3.8) is 0 Å². The number of benzene rings is 3. The van der Waals surface area contributed by atoms with Crippen LogP contribution in [-0.2, 0) is 33.8 Å². The smallest absolute Gasteiger partial charge is 0.408 e. The van der Waals surface area contributed by atoms with Crippen molar-refractivity contribution in [2.75, 3.05) is 7.11 Å². The normalized spacial score (nSPS) is 11.4. The Balaban J connectivity index is 1.37. The number of nitrogens with one attached hydrogen (secondary N) is 4. The van der Waals surface area contributed by atoms with Gasteiger partial charge in [0.05, 0.1) is 13.5 Å². The summed E-state index contributed by atoms with van der Waals surface area (Å²) in [6, 6.07) is 23.0. The van der Waals surface area contributed by atoms with E-state index in [9.17, 15) is 14.4 Å². The molecule has 190 valence electrons. The van der Waals surface area contributed by atoms with Crippen molar-refractivity contribution in [1.29, 1.82) is 0 Å². The summed E-state index contributed by atoms with van der Waals surface area (Å²) in [4.78, 5) is 41.1. The molecule has 4 rings (SSSR count). The second kappa shape index (κ2) is 12.3. The molecule has 0 saturated heterocycles. The standard InChI is InChI=1S/C28H28N4O5/c1-36-22-13-11-19(12-14-22)15-25(30-28(35)37-18-20-7-3-2-4-8-20)27(34)32-31-26(33)16-21-17-29-24-10-6-5-9-23(21)24/h2-14,17,25,29H,15-16,18H2,1H3,(H,30,35)(H,31,33)(H,32,34). The Morgan fingerprint density at radius 2 is 1.59 bits per heavy atom. The average Bonchev–Trinajstić information content (AvgIpc) is 3.33. The van der Waals surface area contributed by atoms with Gasteiger partial charge >= 0.3 is 6.09 Å². The number of methoxy groups -OCH3 is 1. The highest BCUT2D eigenvalue weighted by Gasteiger charge is 2.23. The lowest BCUT2D eigenvalue weighted by molar-refractivity contribution is -0.129. The van der Waals surface area contributed by atoms with E-state index >= 15 is 0 Å². The fourth-order valence-corrected chi connectivity index (χ4v) is 3.83. The Bertz CT molecular complexity index is 1350. The maximum absolute atomic E-state index is 13.0. The molecule has 9 nitrogen and oxygen atoms in total. The third kappa shape index (κ3) is 7.11. The SMILES string of the molecule is COc1ccc(CC(NC(=O)OCc2ccccc2)C(=O)NNC(=O)Cc2c[nH]c3ccccc23)cc1. The Morgan fingerprint density at radius 3 is 2.35 bits per heavy atom. The molecule has 1 atom stereocenters. The third-order valence-corrected chi connectivity index (χ3v) is 5.77. The van der Waals surface area contributed by atoms with E-state index in [0.29, 0.717) is 5.75 Å². The van der Waals surface area contributed by atoms with Gasteiger partial charge in [-0.2, -0.15) is 0 Å². The lowest BCUT2D eigenvalue weighted by Crippen LogP contribution is -2.53. The average molecular weight is 501 g/mol. The minimum Gasteiger partial charge on any atom is -0.497 e. The Morgan fingerprint density at radius 1 is 0.865 bits per heavy atom. The van der Waals surface area contributed by atoms with E-state index in [0.717, 1.165) is 27.6 Å². The van der Waals surface area contributed by atoms with Crippen LogP contribution in [0, 0.1) is 0 Å². The Hall–Kier alpha value is -4.79. The van der Waals surface area contributed by atoms with Crippen LogP contribution in [-0.4, -0.2) is 36.0 Å². The van der Waals surface area contributed by atoms with E-state index in [1.165, 1.54) is 0 Å². The number of ether oxygens (including phenoxy) is 2. The summed E-state index contributed by atoms with van der Waals surface area (Å²) in [5.41, 5.74) is 8.19. The van der Waals surface area contributed by atoms with E-state index in [-0.39, 0.29) is 19.4 Å². The maximum Gasteiger partial charge on any atom is 0.408 e. The number of hydrogen-bond acceptors (Lipinski definition) is 5. The molecule has 9 heteroatoms. The lowest BCUT2D eigenvalue weighted by Gasteiger charge is -2.19. The van der Waals surface area contributed by atoms with Crippen molar-refractivity contribution >= 4 is 28.8 Å². The molecule has 0 bridgehead atoms. The number of para-hydroxylation sites is 1. The molecule has 0 saturated carbocycles. The molecule has 1 heterocycles. The zero-order chi connectivity index (χ0) is 26.0. The van der Waals surface area contributed by atoms with E-state index in [1.54, 1.807) is 37.6 Å². The van der Waals surface area contributed by atoms with Crippen molar-refractivity contribution in [2.24, 2.45) is 0 Å². The summed E-state index contributed by atoms with van der Waals surface area (Å²) >= 11 is 0. The molecule has 1 aromatic heterocycles. The van der Waals surface area contributed by atoms with Gasteiger partial charge in [0, 0.05) is 23.5 Å². The van der Waals surface area contributed by atoms with Gasteiger partial charge in [-0.05, 0) is 34.9 Å². The summed E-state index contributed by atoms with van der Waals surface area (Å²) in [7, 11) is 1.56. The molecule has 0 aliphatic heterocycles. The van der Waals surface area contributed by atoms with Crippen molar-refractivity contribution in [3.05, 3.63) is 102 Å². The number of aromatic amines is 1. The first kappa shape index (κ1) is 25.3. The van der Waals surface area contributed by atoms with Gasteiger partial charge in [0.15, 0.2) is 0 Å². The number of fused-ring (bicyclic) bond motifs is 1. The number of carbonyl (C=O) groups is 3. The molecule has 37 heavy (non-hydrogen) atoms. The summed E-state index contributed by atoms with van der Waals surface area (Å²) in [6.45, 7) is 0.0604. The van der Waals surface area contributed by atoms with Gasteiger partial charge in [0.25, 0.3) is 5.91 Å². The van der Waals surface area contributed by atoms with Crippen molar-refractivity contribution < 1.29 is 23.9 Å². The fourth-order valence-electron chi connectivity index (χ4n) is 3.83. The van der Waals surface area contributed by atoms with Crippen LogP contribution in [0.15, 0.2) is 85.1 Å². The number of H-pyrrole nitrogens is 1. The van der Waals surface area contributed by atoms with Gasteiger partial charge < -0.3 is 19.8 Å². The largest absolute Gasteiger partial charge is 0.497 e. The zero-order valence-electron chi connectivity index (χ0n) is 20.3. The topological polar surface area (TPSA) is 122 Å². The van der Waals surface area contributed by atoms with Crippen LogP contribution in [0.4, 0.5) is 4.79 Å². The van der Waals surface area contributed by atoms with Crippen LogP contribution in [0.2, 0.25) is 0 Å². The predicted molar refractivity (Wildman–Crippen MR) is 139 cm³/mol. The van der Waals surface area contributed by atoms with Gasteiger partial charge in [0.2, 0.25) is 5.91 Å². The Labute approximate surface area is 214 Å². The van der Waals surface area contributed by atoms with Crippen LogP contribution < -0.4 is 20.9 Å². The van der Waals surface area contributed by atoms with Gasteiger partial charge in [-0.3, -0.25) is 20.4 Å². The fraction of sp³-hybridized carbons (Fsp3) is 0.179. The summed E-state index contributed by atoms with van der Waals surface area (Å²) < 4.78 is 10.5. The molecule has 4 N–H and O–H groups in total. The molecular weight excluding hydrogens is 472 g/mol. The minimum atomic E-state index is -0.995. The van der Waals surface area contributed by atoms with Gasteiger partial charge in [-0.25, -0.2) is 4.79 Å². The molecule has 0 radical (unpaired) electrons. The molecule has 0 fully saturated rings. The van der Waals surface area contributed by atoms with E-state index in [1.807, 2.05) is 54.6 Å². The van der Waals surface area contributed by atoms with E-state index in [2.05, 4.69) is 21.2 Å². The number of aromatic nitrogens is 1. The first-order chi connectivity index (χ1) is 18.0. The van der Waals surface area contributed by atoms with Crippen LogP contribution in [0.1, 0.15) is 16.7 Å². The molecule has 0 aliphatic carbocycles. The molecule has 3 amide bonds. The van der Waals surface area contributed by atoms with Crippen molar-refractivity contribution in [1.82, 2.24) is 21.2 Å². The molecule has 4 aromatic rings. The Kier molecular flexibility index (Phi) is 8.38. The number of hydrogen-bond donors (Lipinski definition) is 4. The number of alkyl carbamates (subject to hydrolysis) is 1. The first-order valence-electron chi connectivity index (χ1n) is 11.8. The summed E-state index contributed by atoms with van der Waals surface area (Å²) in [6.07, 6.45) is 1.26. The van der Waals surface area contributed by atoms with Crippen molar-refractivity contribution in [2.45, 2.75) is 25.5 Å². The molecule has 0 aliphatic rings. The quantitative estimate of drug-likeness (QED) is 0.263. The number of rotatable bonds is 9. The van der Waals surface area contributed by atoms with E-state index < -0.39 is 23.9 Å². The molecular formula is C28H28N4O5.